The minimum Gasteiger partial charge on any atom is -0.388 e. The third-order valence-corrected chi connectivity index (χ3v) is 4.33. The quantitative estimate of drug-likeness (QED) is 0.884. The molecule has 0 amide bonds. The predicted molar refractivity (Wildman–Crippen MR) is 84.8 cm³/mol. The van der Waals surface area contributed by atoms with Gasteiger partial charge in [0.1, 0.15) is 0 Å². The van der Waals surface area contributed by atoms with E-state index in [4.69, 9.17) is 0 Å². The molecule has 118 valence electrons. The van der Waals surface area contributed by atoms with Gasteiger partial charge < -0.3 is 5.11 Å². The van der Waals surface area contributed by atoms with E-state index in [0.29, 0.717) is 6.04 Å². The standard InChI is InChI=1S/C16H23N5O/c1-3-21-11-13(8-18-21)10-20-6-4-5-15(20)7-16(22)14-9-17-19(2)12-14/h3,8-9,11-12,15-16,22H,1,4-7,10H2,2H3/t15-,16+/m0/s1. The SMILES string of the molecule is C=Cn1cc(CN2CCC[C@H]2C[C@@H](O)c2cnn(C)c2)cn1. The molecule has 1 fully saturated rings. The molecule has 3 rings (SSSR count). The Morgan fingerprint density at radius 2 is 2.27 bits per heavy atom. The number of aryl methyl sites for hydroxylation is 1. The van der Waals surface area contributed by atoms with Crippen molar-refractivity contribution in [3.8, 4) is 0 Å². The molecule has 2 aromatic rings. The van der Waals surface area contributed by atoms with Gasteiger partial charge in [-0.3, -0.25) is 9.58 Å². The van der Waals surface area contributed by atoms with Crippen LogP contribution in [0.3, 0.4) is 0 Å². The monoisotopic (exact) mass is 301 g/mol. The molecule has 1 saturated heterocycles. The zero-order valence-electron chi connectivity index (χ0n) is 13.0. The third-order valence-electron chi connectivity index (χ3n) is 4.33. The van der Waals surface area contributed by atoms with Crippen molar-refractivity contribution in [3.63, 3.8) is 0 Å². The largest absolute Gasteiger partial charge is 0.388 e. The number of hydrogen-bond donors (Lipinski definition) is 1. The van der Waals surface area contributed by atoms with Gasteiger partial charge in [0.2, 0.25) is 0 Å². The van der Waals surface area contributed by atoms with E-state index in [1.165, 1.54) is 12.0 Å². The van der Waals surface area contributed by atoms with Crippen LogP contribution in [-0.2, 0) is 13.6 Å². The van der Waals surface area contributed by atoms with Gasteiger partial charge in [-0.25, -0.2) is 4.68 Å². The predicted octanol–water partition coefficient (Wildman–Crippen LogP) is 1.81. The van der Waals surface area contributed by atoms with Crippen LogP contribution in [0.15, 0.2) is 31.4 Å². The molecule has 0 unspecified atom stereocenters. The highest BCUT2D eigenvalue weighted by Gasteiger charge is 2.27. The zero-order chi connectivity index (χ0) is 15.5. The van der Waals surface area contributed by atoms with E-state index in [-0.39, 0.29) is 0 Å². The second-order valence-corrected chi connectivity index (χ2v) is 5.98. The summed E-state index contributed by atoms with van der Waals surface area (Å²) in [4.78, 5) is 2.43. The molecule has 1 N–H and O–H groups in total. The van der Waals surface area contributed by atoms with E-state index >= 15 is 0 Å². The first-order valence-corrected chi connectivity index (χ1v) is 7.72. The molecule has 0 radical (unpaired) electrons. The molecule has 2 aromatic heterocycles. The number of aliphatic hydroxyl groups is 1. The number of likely N-dealkylation sites (tertiary alicyclic amines) is 1. The molecule has 6 heteroatoms. The Labute approximate surface area is 130 Å². The van der Waals surface area contributed by atoms with Gasteiger partial charge in [0.25, 0.3) is 0 Å². The van der Waals surface area contributed by atoms with Gasteiger partial charge in [-0.2, -0.15) is 10.2 Å². The number of rotatable bonds is 6. The van der Waals surface area contributed by atoms with Gasteiger partial charge in [0, 0.05) is 49.4 Å². The van der Waals surface area contributed by atoms with Gasteiger partial charge in [-0.1, -0.05) is 6.58 Å². The lowest BCUT2D eigenvalue weighted by Crippen LogP contribution is -2.30. The average molecular weight is 301 g/mol. The maximum Gasteiger partial charge on any atom is 0.0835 e. The minimum atomic E-state index is -0.449. The average Bonchev–Trinajstić information content (AvgIpc) is 3.22. The normalized spacial score (nSPS) is 20.4. The Morgan fingerprint density at radius 1 is 1.41 bits per heavy atom. The van der Waals surface area contributed by atoms with Gasteiger partial charge in [0.15, 0.2) is 0 Å². The van der Waals surface area contributed by atoms with Gasteiger partial charge >= 0.3 is 0 Å². The molecular weight excluding hydrogens is 278 g/mol. The molecule has 0 bridgehead atoms. The zero-order valence-corrected chi connectivity index (χ0v) is 13.0. The van der Waals surface area contributed by atoms with Crippen molar-refractivity contribution in [1.29, 1.82) is 0 Å². The lowest BCUT2D eigenvalue weighted by Gasteiger charge is -2.25. The first-order chi connectivity index (χ1) is 10.7. The van der Waals surface area contributed by atoms with Crippen molar-refractivity contribution in [2.75, 3.05) is 6.54 Å². The molecule has 0 saturated carbocycles. The summed E-state index contributed by atoms with van der Waals surface area (Å²) < 4.78 is 3.46. The second kappa shape index (κ2) is 6.46. The van der Waals surface area contributed by atoms with Gasteiger partial charge in [-0.15, -0.1) is 0 Å². The van der Waals surface area contributed by atoms with Gasteiger partial charge in [0.05, 0.1) is 18.5 Å². The Hall–Kier alpha value is -1.92. The molecule has 0 spiro atoms. The van der Waals surface area contributed by atoms with E-state index in [9.17, 15) is 5.11 Å². The number of nitrogens with zero attached hydrogens (tertiary/aromatic N) is 5. The van der Waals surface area contributed by atoms with Crippen LogP contribution in [0, 0.1) is 0 Å². The summed E-state index contributed by atoms with van der Waals surface area (Å²) in [7, 11) is 1.87. The van der Waals surface area contributed by atoms with Crippen LogP contribution >= 0.6 is 0 Å². The molecule has 22 heavy (non-hydrogen) atoms. The molecule has 0 aliphatic carbocycles. The van der Waals surface area contributed by atoms with Crippen molar-refractivity contribution in [2.24, 2.45) is 7.05 Å². The maximum atomic E-state index is 10.4. The van der Waals surface area contributed by atoms with Gasteiger partial charge in [-0.05, 0) is 25.8 Å². The first kappa shape index (κ1) is 15.0. The van der Waals surface area contributed by atoms with Crippen LogP contribution in [0.5, 0.6) is 0 Å². The topological polar surface area (TPSA) is 59.1 Å². The van der Waals surface area contributed by atoms with Crippen molar-refractivity contribution < 1.29 is 5.11 Å². The van der Waals surface area contributed by atoms with Crippen molar-refractivity contribution in [3.05, 3.63) is 42.5 Å². The number of aromatic nitrogens is 4. The summed E-state index contributed by atoms with van der Waals surface area (Å²) >= 11 is 0. The fraction of sp³-hybridized carbons (Fsp3) is 0.500. The second-order valence-electron chi connectivity index (χ2n) is 5.98. The van der Waals surface area contributed by atoms with Crippen LogP contribution in [0.4, 0.5) is 0 Å². The summed E-state index contributed by atoms with van der Waals surface area (Å²) in [5.74, 6) is 0. The highest BCUT2D eigenvalue weighted by atomic mass is 16.3. The molecular formula is C16H23N5O. The van der Waals surface area contributed by atoms with Crippen LogP contribution in [0.2, 0.25) is 0 Å². The third kappa shape index (κ3) is 3.28. The molecule has 1 aliphatic heterocycles. The highest BCUT2D eigenvalue weighted by molar-refractivity contribution is 5.18. The Morgan fingerprint density at radius 3 is 2.95 bits per heavy atom. The smallest absolute Gasteiger partial charge is 0.0835 e. The fourth-order valence-electron chi connectivity index (χ4n) is 3.17. The van der Waals surface area contributed by atoms with E-state index < -0.39 is 6.10 Å². The van der Waals surface area contributed by atoms with Crippen molar-refractivity contribution in [2.45, 2.75) is 38.0 Å². The summed E-state index contributed by atoms with van der Waals surface area (Å²) in [6.07, 6.45) is 11.8. The molecule has 6 nitrogen and oxygen atoms in total. The van der Waals surface area contributed by atoms with Crippen molar-refractivity contribution in [1.82, 2.24) is 24.5 Å². The summed E-state index contributed by atoms with van der Waals surface area (Å²) in [6, 6.07) is 0.405. The lowest BCUT2D eigenvalue weighted by molar-refractivity contribution is 0.118. The van der Waals surface area contributed by atoms with Crippen LogP contribution in [0.25, 0.3) is 6.20 Å². The van der Waals surface area contributed by atoms with Crippen LogP contribution in [-0.4, -0.2) is 42.2 Å². The molecule has 3 heterocycles. The summed E-state index contributed by atoms with van der Waals surface area (Å²) in [5, 5.41) is 18.8. The number of hydrogen-bond acceptors (Lipinski definition) is 4. The minimum absolute atomic E-state index is 0.405. The first-order valence-electron chi connectivity index (χ1n) is 7.72. The fourth-order valence-corrected chi connectivity index (χ4v) is 3.17. The Balaban J connectivity index is 1.61. The van der Waals surface area contributed by atoms with Crippen molar-refractivity contribution >= 4 is 6.20 Å². The molecule has 1 aliphatic rings. The van der Waals surface area contributed by atoms with Crippen LogP contribution < -0.4 is 0 Å². The lowest BCUT2D eigenvalue weighted by atomic mass is 10.0. The van der Waals surface area contributed by atoms with E-state index in [1.54, 1.807) is 21.8 Å². The van der Waals surface area contributed by atoms with E-state index in [1.807, 2.05) is 25.6 Å². The number of aliphatic hydroxyl groups excluding tert-OH is 1. The summed E-state index contributed by atoms with van der Waals surface area (Å²) in [5.41, 5.74) is 2.08. The Kier molecular flexibility index (Phi) is 4.40. The van der Waals surface area contributed by atoms with Crippen LogP contribution in [0.1, 0.15) is 36.5 Å². The van der Waals surface area contributed by atoms with E-state index in [0.717, 1.165) is 31.5 Å². The molecule has 0 aromatic carbocycles. The van der Waals surface area contributed by atoms with E-state index in [2.05, 4.69) is 21.7 Å². The molecule has 2 atom stereocenters. The maximum absolute atomic E-state index is 10.4. The summed E-state index contributed by atoms with van der Waals surface area (Å²) in [6.45, 7) is 5.66. The highest BCUT2D eigenvalue weighted by Crippen LogP contribution is 2.28. The Bertz CT molecular complexity index is 632.